The highest BCUT2D eigenvalue weighted by atomic mass is 16.8. The van der Waals surface area contributed by atoms with Crippen molar-refractivity contribution in [3.8, 4) is 0 Å². The van der Waals surface area contributed by atoms with Crippen molar-refractivity contribution in [2.45, 2.75) is 65.3 Å². The molecule has 3 heteroatoms. The molecule has 0 radical (unpaired) electrons. The molecule has 0 amide bonds. The predicted molar refractivity (Wildman–Crippen MR) is 52.8 cm³/mol. The van der Waals surface area contributed by atoms with Crippen molar-refractivity contribution < 1.29 is 14.2 Å². The topological polar surface area (TPSA) is 27.7 Å². The summed E-state index contributed by atoms with van der Waals surface area (Å²) in [4.78, 5) is 0. The Morgan fingerprint density at radius 3 is 2.21 bits per heavy atom. The Kier molecular flexibility index (Phi) is 2.18. The van der Waals surface area contributed by atoms with Crippen LogP contribution in [0.1, 0.15) is 41.0 Å². The minimum atomic E-state index is -0.495. The highest BCUT2D eigenvalue weighted by molar-refractivity contribution is 4.98. The number of rotatable bonds is 1. The molecule has 2 rings (SSSR count). The van der Waals surface area contributed by atoms with Crippen LogP contribution in [0.3, 0.4) is 0 Å². The molecule has 0 bridgehead atoms. The fraction of sp³-hybridized carbons (Fsp3) is 1.00. The third kappa shape index (κ3) is 1.38. The summed E-state index contributed by atoms with van der Waals surface area (Å²) in [6.45, 7) is 10.4. The average molecular weight is 200 g/mol. The second kappa shape index (κ2) is 2.94. The van der Waals surface area contributed by atoms with Crippen molar-refractivity contribution in [2.75, 3.05) is 0 Å². The van der Waals surface area contributed by atoms with Gasteiger partial charge in [-0.25, -0.2) is 0 Å². The zero-order chi connectivity index (χ0) is 10.6. The molecule has 2 fully saturated rings. The van der Waals surface area contributed by atoms with Crippen molar-refractivity contribution in [3.05, 3.63) is 0 Å². The fourth-order valence-electron chi connectivity index (χ4n) is 2.48. The Bertz CT molecular complexity index is 235. The molecule has 0 aromatic rings. The summed E-state index contributed by atoms with van der Waals surface area (Å²) in [6, 6.07) is 0. The van der Waals surface area contributed by atoms with E-state index in [0.29, 0.717) is 0 Å². The first kappa shape index (κ1) is 10.4. The summed E-state index contributed by atoms with van der Waals surface area (Å²) in [5.74, 6) is -0.495. The summed E-state index contributed by atoms with van der Waals surface area (Å²) >= 11 is 0. The van der Waals surface area contributed by atoms with Crippen LogP contribution in [0.15, 0.2) is 0 Å². The van der Waals surface area contributed by atoms with Gasteiger partial charge in [-0.15, -0.1) is 0 Å². The van der Waals surface area contributed by atoms with Crippen LogP contribution in [0, 0.1) is 5.41 Å². The van der Waals surface area contributed by atoms with Gasteiger partial charge in [-0.2, -0.15) is 0 Å². The molecule has 2 heterocycles. The highest BCUT2D eigenvalue weighted by Gasteiger charge is 2.58. The van der Waals surface area contributed by atoms with Gasteiger partial charge in [0, 0.05) is 5.41 Å². The maximum atomic E-state index is 5.87. The van der Waals surface area contributed by atoms with E-state index < -0.39 is 5.79 Å². The molecule has 2 saturated heterocycles. The number of hydrogen-bond donors (Lipinski definition) is 0. The Balaban J connectivity index is 2.18. The third-order valence-electron chi connectivity index (χ3n) is 3.29. The van der Waals surface area contributed by atoms with Crippen LogP contribution >= 0.6 is 0 Å². The smallest absolute Gasteiger partial charge is 0.188 e. The summed E-state index contributed by atoms with van der Waals surface area (Å²) in [7, 11) is 0. The molecule has 3 nitrogen and oxygen atoms in total. The molecule has 0 spiro atoms. The molecule has 0 aliphatic carbocycles. The van der Waals surface area contributed by atoms with Gasteiger partial charge < -0.3 is 14.2 Å². The molecular weight excluding hydrogens is 180 g/mol. The van der Waals surface area contributed by atoms with Crippen molar-refractivity contribution in [3.63, 3.8) is 0 Å². The van der Waals surface area contributed by atoms with Crippen LogP contribution in [0.2, 0.25) is 0 Å². The van der Waals surface area contributed by atoms with E-state index in [1.807, 2.05) is 13.8 Å². The Labute approximate surface area is 85.7 Å². The van der Waals surface area contributed by atoms with Crippen LogP contribution in [0.4, 0.5) is 0 Å². The quantitative estimate of drug-likeness (QED) is 0.650. The summed E-state index contributed by atoms with van der Waals surface area (Å²) < 4.78 is 17.4. The molecule has 0 unspecified atom stereocenters. The van der Waals surface area contributed by atoms with Gasteiger partial charge in [-0.05, 0) is 20.3 Å². The molecule has 0 N–H and O–H groups in total. The Morgan fingerprint density at radius 2 is 1.71 bits per heavy atom. The van der Waals surface area contributed by atoms with Crippen molar-refractivity contribution >= 4 is 0 Å². The lowest BCUT2D eigenvalue weighted by Gasteiger charge is -2.30. The lowest BCUT2D eigenvalue weighted by molar-refractivity contribution is -0.216. The van der Waals surface area contributed by atoms with E-state index in [1.165, 1.54) is 0 Å². The molecule has 82 valence electrons. The first-order valence-corrected chi connectivity index (χ1v) is 5.38. The van der Waals surface area contributed by atoms with Gasteiger partial charge in [0.05, 0.1) is 6.10 Å². The van der Waals surface area contributed by atoms with Crippen molar-refractivity contribution in [2.24, 2.45) is 5.41 Å². The zero-order valence-electron chi connectivity index (χ0n) is 9.66. The van der Waals surface area contributed by atoms with Gasteiger partial charge in [0.1, 0.15) is 6.10 Å². The first-order chi connectivity index (χ1) is 6.37. The summed E-state index contributed by atoms with van der Waals surface area (Å²) in [5.41, 5.74) is 0.0488. The van der Waals surface area contributed by atoms with Crippen LogP contribution in [0.25, 0.3) is 0 Å². The van der Waals surface area contributed by atoms with E-state index in [9.17, 15) is 0 Å². The number of fused-ring (bicyclic) bond motifs is 1. The van der Waals surface area contributed by atoms with Crippen LogP contribution in [-0.4, -0.2) is 24.3 Å². The van der Waals surface area contributed by atoms with Gasteiger partial charge in [0.2, 0.25) is 0 Å². The Hall–Kier alpha value is -0.120. The standard InChI is InChI=1S/C11H20O3/c1-6-7-10(2,3)8-9(12-7)14-11(4,5)13-8/h7-9H,6H2,1-5H3/t7-,8+,9-/m1/s1. The summed E-state index contributed by atoms with van der Waals surface area (Å²) in [6.07, 6.45) is 1.15. The maximum Gasteiger partial charge on any atom is 0.188 e. The van der Waals surface area contributed by atoms with Gasteiger partial charge in [-0.3, -0.25) is 0 Å². The van der Waals surface area contributed by atoms with E-state index in [-0.39, 0.29) is 23.9 Å². The Morgan fingerprint density at radius 1 is 1.07 bits per heavy atom. The van der Waals surface area contributed by atoms with E-state index in [4.69, 9.17) is 14.2 Å². The number of ether oxygens (including phenoxy) is 3. The molecular formula is C11H20O3. The molecule has 0 aromatic carbocycles. The third-order valence-corrected chi connectivity index (χ3v) is 3.29. The normalized spacial score (nSPS) is 43.9. The van der Waals surface area contributed by atoms with Gasteiger partial charge in [0.15, 0.2) is 12.1 Å². The maximum absolute atomic E-state index is 5.87. The lowest BCUT2D eigenvalue weighted by atomic mass is 9.82. The van der Waals surface area contributed by atoms with Gasteiger partial charge in [0.25, 0.3) is 0 Å². The molecule has 0 saturated carbocycles. The van der Waals surface area contributed by atoms with Crippen LogP contribution in [-0.2, 0) is 14.2 Å². The fourth-order valence-corrected chi connectivity index (χ4v) is 2.48. The summed E-state index contributed by atoms with van der Waals surface area (Å²) in [5, 5.41) is 0. The van der Waals surface area contributed by atoms with Gasteiger partial charge in [-0.1, -0.05) is 20.8 Å². The predicted octanol–water partition coefficient (Wildman–Crippen LogP) is 2.30. The highest BCUT2D eigenvalue weighted by Crippen LogP contribution is 2.48. The molecule has 2 aliphatic heterocycles. The first-order valence-electron chi connectivity index (χ1n) is 5.38. The monoisotopic (exact) mass is 200 g/mol. The second-order valence-corrected chi connectivity index (χ2v) is 5.28. The van der Waals surface area contributed by atoms with Crippen molar-refractivity contribution in [1.82, 2.24) is 0 Å². The molecule has 14 heavy (non-hydrogen) atoms. The average Bonchev–Trinajstić information content (AvgIpc) is 2.45. The number of hydrogen-bond acceptors (Lipinski definition) is 3. The van der Waals surface area contributed by atoms with E-state index in [0.717, 1.165) is 6.42 Å². The van der Waals surface area contributed by atoms with E-state index >= 15 is 0 Å². The largest absolute Gasteiger partial charge is 0.346 e. The van der Waals surface area contributed by atoms with Gasteiger partial charge >= 0.3 is 0 Å². The van der Waals surface area contributed by atoms with E-state index in [1.54, 1.807) is 0 Å². The van der Waals surface area contributed by atoms with E-state index in [2.05, 4.69) is 20.8 Å². The van der Waals surface area contributed by atoms with Crippen LogP contribution < -0.4 is 0 Å². The minimum Gasteiger partial charge on any atom is -0.346 e. The minimum absolute atomic E-state index is 0.0488. The molecule has 3 atom stereocenters. The molecule has 2 aliphatic rings. The van der Waals surface area contributed by atoms with Crippen LogP contribution in [0.5, 0.6) is 0 Å². The molecule has 0 aromatic heterocycles. The van der Waals surface area contributed by atoms with Crippen molar-refractivity contribution in [1.29, 1.82) is 0 Å². The zero-order valence-corrected chi connectivity index (χ0v) is 9.66. The second-order valence-electron chi connectivity index (χ2n) is 5.28. The SMILES string of the molecule is CC[C@H]1O[C@@H]2OC(C)(C)O[C@@H]2C1(C)C. The lowest BCUT2D eigenvalue weighted by Crippen LogP contribution is -2.36.